The van der Waals surface area contributed by atoms with Crippen LogP contribution in [0.2, 0.25) is 0 Å². The molecule has 2 heterocycles. The van der Waals surface area contributed by atoms with Crippen LogP contribution >= 0.6 is 27.3 Å². The summed E-state index contributed by atoms with van der Waals surface area (Å²) in [6.07, 6.45) is 1.41. The van der Waals surface area contributed by atoms with Gasteiger partial charge in [0.15, 0.2) is 0 Å². The minimum Gasteiger partial charge on any atom is -0.338 e. The Bertz CT molecular complexity index is 694. The quantitative estimate of drug-likeness (QED) is 0.857. The third-order valence-electron chi connectivity index (χ3n) is 3.98. The Morgan fingerprint density at radius 1 is 1.09 bits per heavy atom. The van der Waals surface area contributed by atoms with Gasteiger partial charge in [0.05, 0.1) is 8.66 Å². The van der Waals surface area contributed by atoms with Crippen LogP contribution in [-0.4, -0.2) is 29.8 Å². The second-order valence-electron chi connectivity index (χ2n) is 5.53. The van der Waals surface area contributed by atoms with Gasteiger partial charge in [0, 0.05) is 24.7 Å². The minimum absolute atomic E-state index is 0.0330. The van der Waals surface area contributed by atoms with Crippen LogP contribution in [0.3, 0.4) is 0 Å². The Morgan fingerprint density at radius 2 is 1.78 bits per heavy atom. The maximum absolute atomic E-state index is 12.4. The fourth-order valence-electron chi connectivity index (χ4n) is 2.70. The third kappa shape index (κ3) is 4.00. The first kappa shape index (κ1) is 16.2. The lowest BCUT2D eigenvalue weighted by atomic mass is 9.95. The zero-order valence-electron chi connectivity index (χ0n) is 12.5. The number of rotatable bonds is 3. The number of hydrogen-bond donors (Lipinski definition) is 1. The Morgan fingerprint density at radius 3 is 2.39 bits per heavy atom. The van der Waals surface area contributed by atoms with Crippen molar-refractivity contribution in [3.63, 3.8) is 0 Å². The van der Waals surface area contributed by atoms with Crippen molar-refractivity contribution in [2.24, 2.45) is 5.92 Å². The molecule has 3 rings (SSSR count). The highest BCUT2D eigenvalue weighted by atomic mass is 79.9. The fraction of sp³-hybridized carbons (Fsp3) is 0.294. The molecule has 23 heavy (non-hydrogen) atoms. The van der Waals surface area contributed by atoms with E-state index in [-0.39, 0.29) is 17.7 Å². The number of nitrogens with zero attached hydrogens (tertiary/aromatic N) is 1. The minimum atomic E-state index is -0.0330. The first-order chi connectivity index (χ1) is 11.1. The molecule has 1 aromatic carbocycles. The number of amides is 2. The van der Waals surface area contributed by atoms with E-state index in [4.69, 9.17) is 0 Å². The van der Waals surface area contributed by atoms with Crippen molar-refractivity contribution in [2.45, 2.75) is 12.8 Å². The number of benzene rings is 1. The van der Waals surface area contributed by atoms with Gasteiger partial charge in [-0.3, -0.25) is 9.59 Å². The lowest BCUT2D eigenvalue weighted by molar-refractivity contribution is -0.121. The number of nitrogens with one attached hydrogen (secondary N) is 1. The van der Waals surface area contributed by atoms with E-state index in [0.29, 0.717) is 25.9 Å². The summed E-state index contributed by atoms with van der Waals surface area (Å²) in [4.78, 5) is 27.3. The molecular weight excluding hydrogens is 376 g/mol. The Hall–Kier alpha value is -1.66. The fourth-order valence-corrected chi connectivity index (χ4v) is 4.05. The summed E-state index contributed by atoms with van der Waals surface area (Å²) in [5, 5.41) is 2.94. The number of anilines is 1. The second kappa shape index (κ2) is 7.27. The number of carbonyl (C=O) groups excluding carboxylic acids is 2. The van der Waals surface area contributed by atoms with E-state index in [0.717, 1.165) is 14.4 Å². The second-order valence-corrected chi connectivity index (χ2v) is 7.99. The number of hydrogen-bond acceptors (Lipinski definition) is 3. The van der Waals surface area contributed by atoms with Gasteiger partial charge in [0.2, 0.25) is 5.91 Å². The molecule has 4 nitrogen and oxygen atoms in total. The van der Waals surface area contributed by atoms with Crippen LogP contribution in [0.4, 0.5) is 5.69 Å². The molecule has 1 fully saturated rings. The maximum atomic E-state index is 12.4. The van der Waals surface area contributed by atoms with Crippen LogP contribution in [0, 0.1) is 5.92 Å². The van der Waals surface area contributed by atoms with Gasteiger partial charge in [-0.1, -0.05) is 18.2 Å². The van der Waals surface area contributed by atoms with Crippen molar-refractivity contribution in [1.29, 1.82) is 0 Å². The Balaban J connectivity index is 1.54. The predicted octanol–water partition coefficient (Wildman–Crippen LogP) is 4.00. The van der Waals surface area contributed by atoms with Crippen LogP contribution in [0.5, 0.6) is 0 Å². The summed E-state index contributed by atoms with van der Waals surface area (Å²) in [7, 11) is 0. The largest absolute Gasteiger partial charge is 0.338 e. The van der Waals surface area contributed by atoms with Gasteiger partial charge in [-0.15, -0.1) is 11.3 Å². The van der Waals surface area contributed by atoms with E-state index in [1.165, 1.54) is 11.3 Å². The lowest BCUT2D eigenvalue weighted by Gasteiger charge is -2.31. The lowest BCUT2D eigenvalue weighted by Crippen LogP contribution is -2.41. The monoisotopic (exact) mass is 392 g/mol. The molecule has 1 N–H and O–H groups in total. The molecule has 1 aliphatic heterocycles. The Labute approximate surface area is 147 Å². The number of thiophene rings is 1. The van der Waals surface area contributed by atoms with Crippen molar-refractivity contribution < 1.29 is 9.59 Å². The van der Waals surface area contributed by atoms with E-state index in [2.05, 4.69) is 21.2 Å². The summed E-state index contributed by atoms with van der Waals surface area (Å²) in [6, 6.07) is 13.2. The number of piperidine rings is 1. The SMILES string of the molecule is O=C(Nc1ccccc1)C1CCN(C(=O)c2ccc(Br)s2)CC1. The topological polar surface area (TPSA) is 49.4 Å². The molecule has 0 unspecified atom stereocenters. The van der Waals surface area contributed by atoms with Crippen molar-refractivity contribution in [3.05, 3.63) is 51.1 Å². The summed E-state index contributed by atoms with van der Waals surface area (Å²) < 4.78 is 0.956. The van der Waals surface area contributed by atoms with E-state index >= 15 is 0 Å². The van der Waals surface area contributed by atoms with Gasteiger partial charge < -0.3 is 10.2 Å². The molecule has 120 valence electrons. The van der Waals surface area contributed by atoms with Crippen molar-refractivity contribution in [2.75, 3.05) is 18.4 Å². The third-order valence-corrected chi connectivity index (χ3v) is 5.59. The van der Waals surface area contributed by atoms with E-state index in [1.54, 1.807) is 0 Å². The number of para-hydroxylation sites is 1. The summed E-state index contributed by atoms with van der Waals surface area (Å²) in [5.74, 6) is 0.0686. The Kier molecular flexibility index (Phi) is 5.13. The van der Waals surface area contributed by atoms with Crippen LogP contribution in [-0.2, 0) is 4.79 Å². The standard InChI is InChI=1S/C17H17BrN2O2S/c18-15-7-6-14(23-15)17(22)20-10-8-12(9-11-20)16(21)19-13-4-2-1-3-5-13/h1-7,12H,8-11H2,(H,19,21). The van der Waals surface area contributed by atoms with Gasteiger partial charge in [0.1, 0.15) is 0 Å². The predicted molar refractivity (Wildman–Crippen MR) is 95.7 cm³/mol. The summed E-state index contributed by atoms with van der Waals surface area (Å²) in [5.41, 5.74) is 0.819. The smallest absolute Gasteiger partial charge is 0.263 e. The number of carbonyl (C=O) groups is 2. The van der Waals surface area contributed by atoms with E-state index in [1.807, 2.05) is 47.4 Å². The van der Waals surface area contributed by atoms with Crippen LogP contribution in [0.15, 0.2) is 46.3 Å². The van der Waals surface area contributed by atoms with Crippen molar-refractivity contribution in [3.8, 4) is 0 Å². The van der Waals surface area contributed by atoms with Gasteiger partial charge in [-0.05, 0) is 53.0 Å². The molecule has 2 aromatic rings. The molecule has 6 heteroatoms. The normalized spacial score (nSPS) is 15.4. The molecule has 1 aromatic heterocycles. The first-order valence-electron chi connectivity index (χ1n) is 7.54. The molecule has 0 bridgehead atoms. The highest BCUT2D eigenvalue weighted by Crippen LogP contribution is 2.26. The molecule has 1 aliphatic rings. The van der Waals surface area contributed by atoms with Crippen molar-refractivity contribution >= 4 is 44.8 Å². The van der Waals surface area contributed by atoms with E-state index in [9.17, 15) is 9.59 Å². The highest BCUT2D eigenvalue weighted by molar-refractivity contribution is 9.11. The molecule has 2 amide bonds. The van der Waals surface area contributed by atoms with Gasteiger partial charge in [-0.2, -0.15) is 0 Å². The van der Waals surface area contributed by atoms with Crippen LogP contribution in [0.1, 0.15) is 22.5 Å². The maximum Gasteiger partial charge on any atom is 0.263 e. The molecule has 0 saturated carbocycles. The highest BCUT2D eigenvalue weighted by Gasteiger charge is 2.28. The molecule has 0 atom stereocenters. The zero-order chi connectivity index (χ0) is 16.2. The number of likely N-dealkylation sites (tertiary alicyclic amines) is 1. The van der Waals surface area contributed by atoms with Crippen LogP contribution in [0.25, 0.3) is 0 Å². The summed E-state index contributed by atoms with van der Waals surface area (Å²) in [6.45, 7) is 1.25. The van der Waals surface area contributed by atoms with Crippen LogP contribution < -0.4 is 5.32 Å². The molecule has 1 saturated heterocycles. The number of halogens is 1. The van der Waals surface area contributed by atoms with Gasteiger partial charge in [0.25, 0.3) is 5.91 Å². The van der Waals surface area contributed by atoms with E-state index < -0.39 is 0 Å². The molecular formula is C17H17BrN2O2S. The van der Waals surface area contributed by atoms with Crippen molar-refractivity contribution in [1.82, 2.24) is 4.90 Å². The van der Waals surface area contributed by atoms with Gasteiger partial charge >= 0.3 is 0 Å². The molecule has 0 radical (unpaired) electrons. The zero-order valence-corrected chi connectivity index (χ0v) is 14.9. The molecule has 0 aliphatic carbocycles. The first-order valence-corrected chi connectivity index (χ1v) is 9.15. The molecule has 0 spiro atoms. The average Bonchev–Trinajstić information content (AvgIpc) is 3.02. The summed E-state index contributed by atoms with van der Waals surface area (Å²) >= 11 is 4.82. The average molecular weight is 393 g/mol. The van der Waals surface area contributed by atoms with Gasteiger partial charge in [-0.25, -0.2) is 0 Å².